The van der Waals surface area contributed by atoms with Gasteiger partial charge in [0.2, 0.25) is 0 Å². The summed E-state index contributed by atoms with van der Waals surface area (Å²) < 4.78 is 33.7. The Labute approximate surface area is 64.5 Å². The van der Waals surface area contributed by atoms with Crippen LogP contribution in [0.2, 0.25) is 0 Å². The quantitative estimate of drug-likeness (QED) is 0.579. The molecule has 2 N–H and O–H groups in total. The molecule has 0 saturated heterocycles. The molecule has 0 aromatic carbocycles. The van der Waals surface area contributed by atoms with Crippen LogP contribution in [-0.4, -0.2) is 39.4 Å². The molecule has 3 nitrogen and oxygen atoms in total. The molecule has 0 aromatic rings. The van der Waals surface area contributed by atoms with Crippen molar-refractivity contribution in [3.05, 3.63) is 0 Å². The Bertz CT molecular complexity index is 101. The number of hydrogen-bond acceptors (Lipinski definition) is 3. The van der Waals surface area contributed by atoms with Gasteiger partial charge >= 0.3 is 0 Å². The van der Waals surface area contributed by atoms with Crippen LogP contribution in [-0.2, 0) is 9.47 Å². The molecule has 0 amide bonds. The van der Waals surface area contributed by atoms with Gasteiger partial charge in [0.15, 0.2) is 0 Å². The van der Waals surface area contributed by atoms with Gasteiger partial charge in [-0.1, -0.05) is 0 Å². The van der Waals surface area contributed by atoms with Gasteiger partial charge in [-0.15, -0.1) is 0 Å². The molecule has 0 heterocycles. The second-order valence-corrected chi connectivity index (χ2v) is 2.11. The highest BCUT2D eigenvalue weighted by molar-refractivity contribution is 4.64. The average Bonchev–Trinajstić information content (AvgIpc) is 1.99. The predicted octanol–water partition coefficient (Wildman–Crippen LogP) is 0.243. The monoisotopic (exact) mass is 169 g/mol. The molecular formula is C6H13F2NO2. The number of halogens is 2. The highest BCUT2D eigenvalue weighted by Gasteiger charge is 2.26. The van der Waals surface area contributed by atoms with E-state index in [1.54, 1.807) is 0 Å². The van der Waals surface area contributed by atoms with Crippen LogP contribution in [0.3, 0.4) is 0 Å². The van der Waals surface area contributed by atoms with Crippen molar-refractivity contribution < 1.29 is 18.3 Å². The topological polar surface area (TPSA) is 44.5 Å². The molecule has 0 aliphatic rings. The second-order valence-electron chi connectivity index (χ2n) is 2.11. The lowest BCUT2D eigenvalue weighted by molar-refractivity contribution is -0.0762. The van der Waals surface area contributed by atoms with Crippen molar-refractivity contribution in [3.63, 3.8) is 0 Å². The maximum atomic E-state index is 12.3. The minimum atomic E-state index is -2.91. The molecule has 0 aliphatic heterocycles. The third-order valence-corrected chi connectivity index (χ3v) is 1.04. The van der Waals surface area contributed by atoms with E-state index in [-0.39, 0.29) is 6.61 Å². The van der Waals surface area contributed by atoms with Crippen molar-refractivity contribution in [2.24, 2.45) is 5.73 Å². The molecule has 0 radical (unpaired) electrons. The van der Waals surface area contributed by atoms with Gasteiger partial charge in [0.25, 0.3) is 5.92 Å². The van der Waals surface area contributed by atoms with Gasteiger partial charge in [-0.3, -0.25) is 0 Å². The van der Waals surface area contributed by atoms with E-state index < -0.39 is 19.1 Å². The van der Waals surface area contributed by atoms with E-state index in [0.717, 1.165) is 0 Å². The van der Waals surface area contributed by atoms with Gasteiger partial charge < -0.3 is 15.2 Å². The molecule has 0 spiro atoms. The number of ether oxygens (including phenoxy) is 2. The molecule has 0 rings (SSSR count). The molecule has 0 bridgehead atoms. The van der Waals surface area contributed by atoms with Gasteiger partial charge in [-0.25, -0.2) is 8.78 Å². The Morgan fingerprint density at radius 1 is 1.36 bits per heavy atom. The van der Waals surface area contributed by atoms with Crippen LogP contribution in [0.4, 0.5) is 8.78 Å². The Morgan fingerprint density at radius 2 is 2.00 bits per heavy atom. The third kappa shape index (κ3) is 6.15. The number of nitrogens with two attached hydrogens (primary N) is 1. The number of methoxy groups -OCH3 is 1. The van der Waals surface area contributed by atoms with E-state index in [2.05, 4.69) is 9.47 Å². The van der Waals surface area contributed by atoms with Gasteiger partial charge in [0.1, 0.15) is 6.61 Å². The second kappa shape index (κ2) is 5.40. The number of hydrogen-bond donors (Lipinski definition) is 1. The summed E-state index contributed by atoms with van der Waals surface area (Å²) >= 11 is 0. The smallest absolute Gasteiger partial charge is 0.282 e. The SMILES string of the molecule is COCCOCC(F)(F)CN. The van der Waals surface area contributed by atoms with Crippen molar-refractivity contribution in [1.82, 2.24) is 0 Å². The first-order chi connectivity index (χ1) is 5.12. The third-order valence-electron chi connectivity index (χ3n) is 1.04. The Kier molecular flexibility index (Phi) is 5.27. The van der Waals surface area contributed by atoms with E-state index in [1.807, 2.05) is 0 Å². The van der Waals surface area contributed by atoms with Crippen molar-refractivity contribution in [1.29, 1.82) is 0 Å². The summed E-state index contributed by atoms with van der Waals surface area (Å²) in [7, 11) is 1.48. The van der Waals surface area contributed by atoms with Crippen molar-refractivity contribution >= 4 is 0 Å². The fourth-order valence-electron chi connectivity index (χ4n) is 0.423. The van der Waals surface area contributed by atoms with Crippen LogP contribution < -0.4 is 5.73 Å². The van der Waals surface area contributed by atoms with Gasteiger partial charge in [0.05, 0.1) is 19.8 Å². The summed E-state index contributed by atoms with van der Waals surface area (Å²) in [6.07, 6.45) is 0. The minimum Gasteiger partial charge on any atom is -0.382 e. The lowest BCUT2D eigenvalue weighted by Crippen LogP contribution is -2.33. The first kappa shape index (κ1) is 10.7. The maximum absolute atomic E-state index is 12.3. The summed E-state index contributed by atoms with van der Waals surface area (Å²) in [4.78, 5) is 0. The zero-order valence-electron chi connectivity index (χ0n) is 6.48. The van der Waals surface area contributed by atoms with E-state index in [0.29, 0.717) is 6.61 Å². The molecule has 5 heteroatoms. The van der Waals surface area contributed by atoms with E-state index in [4.69, 9.17) is 5.73 Å². The fraction of sp³-hybridized carbons (Fsp3) is 1.00. The molecule has 0 saturated carbocycles. The van der Waals surface area contributed by atoms with Crippen molar-refractivity contribution in [2.75, 3.05) is 33.5 Å². The number of alkyl halides is 2. The van der Waals surface area contributed by atoms with E-state index in [9.17, 15) is 8.78 Å². The molecule has 0 fully saturated rings. The number of rotatable bonds is 6. The summed E-state index contributed by atoms with van der Waals surface area (Å²) in [6, 6.07) is 0. The first-order valence-electron chi connectivity index (χ1n) is 3.27. The average molecular weight is 169 g/mol. The van der Waals surface area contributed by atoms with Crippen LogP contribution in [0.15, 0.2) is 0 Å². The van der Waals surface area contributed by atoms with Gasteiger partial charge in [0, 0.05) is 7.11 Å². The van der Waals surface area contributed by atoms with E-state index in [1.165, 1.54) is 7.11 Å². The first-order valence-corrected chi connectivity index (χ1v) is 3.27. The Hall–Kier alpha value is -0.260. The van der Waals surface area contributed by atoms with Gasteiger partial charge in [-0.2, -0.15) is 0 Å². The predicted molar refractivity (Wildman–Crippen MR) is 36.7 cm³/mol. The van der Waals surface area contributed by atoms with E-state index >= 15 is 0 Å². The summed E-state index contributed by atoms with van der Waals surface area (Å²) in [5.74, 6) is -2.91. The lowest BCUT2D eigenvalue weighted by Gasteiger charge is -2.13. The van der Waals surface area contributed by atoms with Crippen LogP contribution in [0.5, 0.6) is 0 Å². The van der Waals surface area contributed by atoms with Crippen molar-refractivity contribution in [2.45, 2.75) is 5.92 Å². The molecule has 68 valence electrons. The zero-order valence-corrected chi connectivity index (χ0v) is 6.48. The maximum Gasteiger partial charge on any atom is 0.282 e. The van der Waals surface area contributed by atoms with Crippen molar-refractivity contribution in [3.8, 4) is 0 Å². The molecular weight excluding hydrogens is 156 g/mol. The molecule has 11 heavy (non-hydrogen) atoms. The highest BCUT2D eigenvalue weighted by Crippen LogP contribution is 2.10. The summed E-state index contributed by atoms with van der Waals surface area (Å²) in [5.41, 5.74) is 4.76. The summed E-state index contributed by atoms with van der Waals surface area (Å²) in [5, 5.41) is 0. The van der Waals surface area contributed by atoms with Crippen LogP contribution in [0, 0.1) is 0 Å². The Balaban J connectivity index is 3.23. The van der Waals surface area contributed by atoms with Crippen LogP contribution in [0.1, 0.15) is 0 Å². The summed E-state index contributed by atoms with van der Waals surface area (Å²) in [6.45, 7) is -0.820. The molecule has 0 unspecified atom stereocenters. The van der Waals surface area contributed by atoms with Crippen LogP contribution >= 0.6 is 0 Å². The van der Waals surface area contributed by atoms with Gasteiger partial charge in [-0.05, 0) is 0 Å². The fourth-order valence-corrected chi connectivity index (χ4v) is 0.423. The minimum absolute atomic E-state index is 0.173. The van der Waals surface area contributed by atoms with Crippen LogP contribution in [0.25, 0.3) is 0 Å². The molecule has 0 aliphatic carbocycles. The largest absolute Gasteiger partial charge is 0.382 e. The molecule has 0 atom stereocenters. The normalized spacial score (nSPS) is 12.0. The highest BCUT2D eigenvalue weighted by atomic mass is 19.3. The lowest BCUT2D eigenvalue weighted by atomic mass is 10.4. The Morgan fingerprint density at radius 3 is 2.45 bits per heavy atom. The zero-order chi connectivity index (χ0) is 8.74. The molecule has 0 aromatic heterocycles. The standard InChI is InChI=1S/C6H13F2NO2/c1-10-2-3-11-5-6(7,8)4-9/h2-5,9H2,1H3.